The molecule has 1 amide bonds. The van der Waals surface area contributed by atoms with Gasteiger partial charge >= 0.3 is 6.09 Å². The molecule has 35 heavy (non-hydrogen) atoms. The lowest BCUT2D eigenvalue weighted by Gasteiger charge is -2.10. The van der Waals surface area contributed by atoms with Gasteiger partial charge in [-0.15, -0.1) is 0 Å². The standard InChI is InChI=1S/C23H28ClN7O2.C2H6/c1-15(2)13-30-9-7-17-6-5-16(11-18(17)30)12-26-23(32)33-10-4-3-8-31-14-27-19-20(25)28-22(24)29-21(19)31;1-2/h5-7,9,11,14-15H,3-4,8,10,12-13H2,1-2H3,(H,26,32)(H2,25,28,29);1-2H3. The molecule has 188 valence electrons. The Labute approximate surface area is 210 Å². The number of fused-ring (bicyclic) bond motifs is 2. The van der Waals surface area contributed by atoms with E-state index in [2.05, 4.69) is 63.1 Å². The van der Waals surface area contributed by atoms with Gasteiger partial charge in [-0.25, -0.2) is 9.78 Å². The summed E-state index contributed by atoms with van der Waals surface area (Å²) in [7, 11) is 0. The number of imidazole rings is 1. The molecule has 3 aromatic heterocycles. The first-order chi connectivity index (χ1) is 16.9. The number of nitrogens with two attached hydrogens (primary N) is 1. The molecule has 0 fully saturated rings. The number of benzene rings is 1. The van der Waals surface area contributed by atoms with Gasteiger partial charge in [-0.1, -0.05) is 39.8 Å². The van der Waals surface area contributed by atoms with Gasteiger partial charge in [-0.3, -0.25) is 0 Å². The molecule has 1 aromatic carbocycles. The fourth-order valence-corrected chi connectivity index (χ4v) is 3.94. The number of nitrogen functional groups attached to an aromatic ring is 1. The number of carbonyl (C=O) groups excluding carboxylic acids is 1. The van der Waals surface area contributed by atoms with Crippen LogP contribution in [0.3, 0.4) is 0 Å². The first-order valence-corrected chi connectivity index (χ1v) is 12.4. The molecule has 9 nitrogen and oxygen atoms in total. The van der Waals surface area contributed by atoms with E-state index in [-0.39, 0.29) is 11.1 Å². The van der Waals surface area contributed by atoms with Crippen molar-refractivity contribution in [3.63, 3.8) is 0 Å². The molecule has 0 aliphatic carbocycles. The molecule has 4 rings (SSSR count). The Balaban J connectivity index is 0.00000167. The molecule has 4 aromatic rings. The Kier molecular flexibility index (Phi) is 9.31. The second-order valence-corrected chi connectivity index (χ2v) is 8.78. The smallest absolute Gasteiger partial charge is 0.407 e. The highest BCUT2D eigenvalue weighted by atomic mass is 35.5. The van der Waals surface area contributed by atoms with E-state index in [1.54, 1.807) is 6.33 Å². The number of nitrogens with one attached hydrogen (secondary N) is 1. The number of aryl methyl sites for hydroxylation is 1. The first kappa shape index (κ1) is 26.3. The molecule has 0 atom stereocenters. The van der Waals surface area contributed by atoms with Crippen molar-refractivity contribution >= 4 is 45.6 Å². The third-order valence-electron chi connectivity index (χ3n) is 5.33. The molecule has 0 saturated carbocycles. The van der Waals surface area contributed by atoms with Crippen molar-refractivity contribution in [3.05, 3.63) is 47.6 Å². The fourth-order valence-electron chi connectivity index (χ4n) is 3.77. The highest BCUT2D eigenvalue weighted by Gasteiger charge is 2.10. The summed E-state index contributed by atoms with van der Waals surface area (Å²) in [6.07, 6.45) is 4.83. The highest BCUT2D eigenvalue weighted by Crippen LogP contribution is 2.20. The summed E-state index contributed by atoms with van der Waals surface area (Å²) in [4.78, 5) is 24.4. The van der Waals surface area contributed by atoms with Crippen molar-refractivity contribution in [2.45, 2.75) is 60.2 Å². The van der Waals surface area contributed by atoms with Crippen molar-refractivity contribution in [1.29, 1.82) is 0 Å². The van der Waals surface area contributed by atoms with Gasteiger partial charge in [-0.05, 0) is 53.4 Å². The van der Waals surface area contributed by atoms with E-state index in [0.29, 0.717) is 43.2 Å². The maximum absolute atomic E-state index is 12.1. The summed E-state index contributed by atoms with van der Waals surface area (Å²) in [6, 6.07) is 8.35. The Morgan fingerprint density at radius 2 is 1.97 bits per heavy atom. The summed E-state index contributed by atoms with van der Waals surface area (Å²) in [6.45, 7) is 10.8. The van der Waals surface area contributed by atoms with E-state index in [9.17, 15) is 4.79 Å². The number of aromatic nitrogens is 5. The molecule has 0 unspecified atom stereocenters. The minimum atomic E-state index is -0.423. The molecule has 0 spiro atoms. The quantitative estimate of drug-likeness (QED) is 0.235. The van der Waals surface area contributed by atoms with Gasteiger partial charge in [0.05, 0.1) is 12.9 Å². The summed E-state index contributed by atoms with van der Waals surface area (Å²) in [5.41, 5.74) is 9.17. The number of halogens is 1. The van der Waals surface area contributed by atoms with Gasteiger partial charge in [0.25, 0.3) is 0 Å². The lowest BCUT2D eigenvalue weighted by atomic mass is 10.1. The number of carbonyl (C=O) groups is 1. The van der Waals surface area contributed by atoms with Crippen LogP contribution in [0, 0.1) is 5.92 Å². The van der Waals surface area contributed by atoms with Crippen LogP contribution < -0.4 is 11.1 Å². The number of unbranched alkanes of at least 4 members (excludes halogenated alkanes) is 1. The normalized spacial score (nSPS) is 11.0. The molecular weight excluding hydrogens is 466 g/mol. The number of rotatable bonds is 9. The number of amides is 1. The average molecular weight is 500 g/mol. The van der Waals surface area contributed by atoms with Gasteiger partial charge in [0.15, 0.2) is 11.5 Å². The predicted octanol–water partition coefficient (Wildman–Crippen LogP) is 5.41. The molecule has 10 heteroatoms. The third kappa shape index (κ3) is 6.85. The molecule has 3 heterocycles. The zero-order valence-corrected chi connectivity index (χ0v) is 21.5. The maximum Gasteiger partial charge on any atom is 0.407 e. The van der Waals surface area contributed by atoms with Crippen LogP contribution in [0.2, 0.25) is 5.28 Å². The van der Waals surface area contributed by atoms with Crippen LogP contribution in [0.15, 0.2) is 36.8 Å². The fraction of sp³-hybridized carbons (Fsp3) is 0.440. The van der Waals surface area contributed by atoms with Crippen LogP contribution in [0.4, 0.5) is 10.6 Å². The van der Waals surface area contributed by atoms with Crippen molar-refractivity contribution < 1.29 is 9.53 Å². The SMILES string of the molecule is CC.CC(C)Cn1ccc2ccc(CNC(=O)OCCCCn3cnc4c(N)nc(Cl)nc43)cc21. The Morgan fingerprint density at radius 1 is 1.17 bits per heavy atom. The minimum absolute atomic E-state index is 0.0917. The number of anilines is 1. The summed E-state index contributed by atoms with van der Waals surface area (Å²) in [5, 5.41) is 4.12. The van der Waals surface area contributed by atoms with Gasteiger partial charge < -0.3 is 24.9 Å². The van der Waals surface area contributed by atoms with E-state index < -0.39 is 6.09 Å². The monoisotopic (exact) mass is 499 g/mol. The van der Waals surface area contributed by atoms with Gasteiger partial charge in [0, 0.05) is 31.3 Å². The molecule has 0 aliphatic rings. The number of ether oxygens (including phenoxy) is 1. The molecule has 3 N–H and O–H groups in total. The summed E-state index contributed by atoms with van der Waals surface area (Å²) < 4.78 is 9.43. The third-order valence-corrected chi connectivity index (χ3v) is 5.50. The molecule has 0 saturated heterocycles. The minimum Gasteiger partial charge on any atom is -0.450 e. The number of hydrogen-bond acceptors (Lipinski definition) is 6. The van der Waals surface area contributed by atoms with Gasteiger partial charge in [0.2, 0.25) is 5.28 Å². The second kappa shape index (κ2) is 12.4. The summed E-state index contributed by atoms with van der Waals surface area (Å²) >= 11 is 5.89. The Hall–Kier alpha value is -3.33. The van der Waals surface area contributed by atoms with Crippen LogP contribution in [0.25, 0.3) is 22.1 Å². The van der Waals surface area contributed by atoms with Gasteiger partial charge in [-0.2, -0.15) is 9.97 Å². The predicted molar refractivity (Wildman–Crippen MR) is 140 cm³/mol. The van der Waals surface area contributed by atoms with Crippen molar-refractivity contribution in [3.8, 4) is 0 Å². The lowest BCUT2D eigenvalue weighted by molar-refractivity contribution is 0.143. The molecule has 0 radical (unpaired) electrons. The van der Waals surface area contributed by atoms with E-state index >= 15 is 0 Å². The second-order valence-electron chi connectivity index (χ2n) is 8.44. The lowest BCUT2D eigenvalue weighted by Crippen LogP contribution is -2.24. The van der Waals surface area contributed by atoms with Crippen molar-refractivity contribution in [1.82, 2.24) is 29.4 Å². The number of hydrogen-bond donors (Lipinski definition) is 2. The molecular formula is C25H34ClN7O2. The van der Waals surface area contributed by atoms with E-state index in [1.165, 1.54) is 10.9 Å². The van der Waals surface area contributed by atoms with Crippen LogP contribution >= 0.6 is 11.6 Å². The van der Waals surface area contributed by atoms with E-state index in [1.807, 2.05) is 24.5 Å². The molecule has 0 aliphatic heterocycles. The average Bonchev–Trinajstić information content (AvgIpc) is 3.42. The highest BCUT2D eigenvalue weighted by molar-refractivity contribution is 6.28. The van der Waals surface area contributed by atoms with Crippen LogP contribution in [-0.2, 0) is 24.4 Å². The van der Waals surface area contributed by atoms with Crippen molar-refractivity contribution in [2.75, 3.05) is 12.3 Å². The maximum atomic E-state index is 12.1. The molecule has 0 bridgehead atoms. The Morgan fingerprint density at radius 3 is 2.74 bits per heavy atom. The van der Waals surface area contributed by atoms with E-state index in [0.717, 1.165) is 18.5 Å². The zero-order valence-electron chi connectivity index (χ0n) is 20.8. The Bertz CT molecular complexity index is 1270. The number of alkyl carbamates (subject to hydrolysis) is 1. The largest absolute Gasteiger partial charge is 0.450 e. The first-order valence-electron chi connectivity index (χ1n) is 12.0. The van der Waals surface area contributed by atoms with Crippen molar-refractivity contribution in [2.24, 2.45) is 5.92 Å². The topological polar surface area (TPSA) is 113 Å². The van der Waals surface area contributed by atoms with E-state index in [4.69, 9.17) is 22.1 Å². The number of nitrogens with zero attached hydrogens (tertiary/aromatic N) is 5. The zero-order chi connectivity index (χ0) is 25.4. The van der Waals surface area contributed by atoms with Crippen LogP contribution in [0.1, 0.15) is 46.1 Å². The summed E-state index contributed by atoms with van der Waals surface area (Å²) in [5.74, 6) is 0.824. The van der Waals surface area contributed by atoms with Gasteiger partial charge in [0.1, 0.15) is 5.52 Å². The van der Waals surface area contributed by atoms with Crippen LogP contribution in [-0.4, -0.2) is 36.8 Å². The van der Waals surface area contributed by atoms with Crippen LogP contribution in [0.5, 0.6) is 0 Å².